The summed E-state index contributed by atoms with van der Waals surface area (Å²) >= 11 is 0. The van der Waals surface area contributed by atoms with Crippen molar-refractivity contribution in [1.29, 1.82) is 0 Å². The minimum absolute atomic E-state index is 1.03. The highest BCUT2D eigenvalue weighted by atomic mass is 14.7. The summed E-state index contributed by atoms with van der Waals surface area (Å²) in [4.78, 5) is 4.44. The molecule has 0 spiro atoms. The van der Waals surface area contributed by atoms with Crippen LogP contribution in [-0.2, 0) is 0 Å². The van der Waals surface area contributed by atoms with Crippen molar-refractivity contribution in [2.45, 2.75) is 6.92 Å². The van der Waals surface area contributed by atoms with Gasteiger partial charge < -0.3 is 0 Å². The topological polar surface area (TPSA) is 12.9 Å². The van der Waals surface area contributed by atoms with E-state index in [0.29, 0.717) is 0 Å². The molecule has 0 aliphatic carbocycles. The largest absolute Gasteiger partial charge is 0.256 e. The summed E-state index contributed by atoms with van der Waals surface area (Å²) in [5.74, 6) is 0. The summed E-state index contributed by atoms with van der Waals surface area (Å²) in [7, 11) is 0. The van der Waals surface area contributed by atoms with Crippen LogP contribution in [-0.4, -0.2) is 4.98 Å². The summed E-state index contributed by atoms with van der Waals surface area (Å²) in [6.45, 7) is 2.12. The Bertz CT molecular complexity index is 673. The minimum atomic E-state index is 1.03. The summed E-state index contributed by atoms with van der Waals surface area (Å²) in [5.41, 5.74) is 5.93. The van der Waals surface area contributed by atoms with Gasteiger partial charge in [-0.1, -0.05) is 48.5 Å². The van der Waals surface area contributed by atoms with Gasteiger partial charge in [-0.2, -0.15) is 0 Å². The summed E-state index contributed by atoms with van der Waals surface area (Å²) < 4.78 is 0. The van der Waals surface area contributed by atoms with Crippen LogP contribution >= 0.6 is 0 Å². The van der Waals surface area contributed by atoms with E-state index in [9.17, 15) is 0 Å². The molecule has 0 radical (unpaired) electrons. The molecule has 0 bridgehead atoms. The molecule has 3 rings (SSSR count). The maximum absolute atomic E-state index is 4.44. The zero-order valence-corrected chi connectivity index (χ0v) is 10.9. The van der Waals surface area contributed by atoms with Gasteiger partial charge in [0.05, 0.1) is 5.69 Å². The van der Waals surface area contributed by atoms with Crippen molar-refractivity contribution in [3.8, 4) is 22.4 Å². The number of rotatable bonds is 2. The van der Waals surface area contributed by atoms with Crippen LogP contribution in [0.25, 0.3) is 22.4 Å². The minimum Gasteiger partial charge on any atom is -0.256 e. The van der Waals surface area contributed by atoms with Crippen LogP contribution in [0, 0.1) is 6.92 Å². The quantitative estimate of drug-likeness (QED) is 0.636. The zero-order valence-electron chi connectivity index (χ0n) is 10.9. The van der Waals surface area contributed by atoms with E-state index in [4.69, 9.17) is 0 Å². The molecule has 92 valence electrons. The second-order valence-corrected chi connectivity index (χ2v) is 4.61. The molecule has 0 aliphatic rings. The highest BCUT2D eigenvalue weighted by Gasteiger charge is 2.05. The molecule has 19 heavy (non-hydrogen) atoms. The first-order valence-electron chi connectivity index (χ1n) is 6.42. The highest BCUT2D eigenvalue weighted by Crippen LogP contribution is 2.27. The van der Waals surface area contributed by atoms with Crippen LogP contribution in [0.1, 0.15) is 5.56 Å². The molecule has 0 N–H and O–H groups in total. The Morgan fingerprint density at radius 3 is 2.26 bits per heavy atom. The normalized spacial score (nSPS) is 10.4. The first-order valence-corrected chi connectivity index (χ1v) is 6.42. The number of aryl methyl sites for hydroxylation is 1. The highest BCUT2D eigenvalue weighted by molar-refractivity contribution is 5.73. The van der Waals surface area contributed by atoms with Crippen LogP contribution in [0.2, 0.25) is 0 Å². The number of aromatic nitrogens is 1. The molecule has 1 aromatic heterocycles. The molecule has 0 unspecified atom stereocenters. The summed E-state index contributed by atoms with van der Waals surface area (Å²) in [5, 5.41) is 0. The van der Waals surface area contributed by atoms with Crippen molar-refractivity contribution in [1.82, 2.24) is 4.98 Å². The standard InChI is InChI=1S/C18H15N/c1-14-10-11-16(15-7-3-2-4-8-15)13-17(14)18-9-5-6-12-19-18/h2-13H,1H3. The van der Waals surface area contributed by atoms with Crippen molar-refractivity contribution >= 4 is 0 Å². The lowest BCUT2D eigenvalue weighted by Gasteiger charge is -2.08. The van der Waals surface area contributed by atoms with Crippen molar-refractivity contribution in [3.05, 3.63) is 78.5 Å². The van der Waals surface area contributed by atoms with E-state index >= 15 is 0 Å². The number of pyridine rings is 1. The zero-order chi connectivity index (χ0) is 13.1. The van der Waals surface area contributed by atoms with Gasteiger partial charge in [0.15, 0.2) is 0 Å². The van der Waals surface area contributed by atoms with Gasteiger partial charge in [0.2, 0.25) is 0 Å². The van der Waals surface area contributed by atoms with Crippen LogP contribution < -0.4 is 0 Å². The first-order chi connectivity index (χ1) is 9.34. The van der Waals surface area contributed by atoms with Crippen LogP contribution in [0.5, 0.6) is 0 Å². The number of hydrogen-bond donors (Lipinski definition) is 0. The Morgan fingerprint density at radius 2 is 1.53 bits per heavy atom. The van der Waals surface area contributed by atoms with E-state index in [1.165, 1.54) is 22.3 Å². The molecule has 0 saturated carbocycles. The van der Waals surface area contributed by atoms with E-state index in [-0.39, 0.29) is 0 Å². The van der Waals surface area contributed by atoms with Gasteiger partial charge >= 0.3 is 0 Å². The molecule has 0 fully saturated rings. The van der Waals surface area contributed by atoms with Crippen molar-refractivity contribution in [2.75, 3.05) is 0 Å². The second-order valence-electron chi connectivity index (χ2n) is 4.61. The molecule has 3 aromatic rings. The number of benzene rings is 2. The Labute approximate surface area is 113 Å². The van der Waals surface area contributed by atoms with E-state index < -0.39 is 0 Å². The van der Waals surface area contributed by atoms with Crippen LogP contribution in [0.4, 0.5) is 0 Å². The molecule has 0 saturated heterocycles. The molecule has 0 amide bonds. The average Bonchev–Trinajstić information content (AvgIpc) is 2.49. The second kappa shape index (κ2) is 5.07. The molecule has 2 aromatic carbocycles. The van der Waals surface area contributed by atoms with Gasteiger partial charge in [-0.25, -0.2) is 0 Å². The Kier molecular flexibility index (Phi) is 3.11. The fourth-order valence-electron chi connectivity index (χ4n) is 2.23. The smallest absolute Gasteiger partial charge is 0.0704 e. The molecule has 1 heteroatoms. The van der Waals surface area contributed by atoms with Gasteiger partial charge in [-0.3, -0.25) is 4.98 Å². The predicted molar refractivity (Wildman–Crippen MR) is 79.8 cm³/mol. The van der Waals surface area contributed by atoms with Gasteiger partial charge in [-0.05, 0) is 41.8 Å². The SMILES string of the molecule is Cc1ccc(-c2ccccc2)cc1-c1ccccn1. The van der Waals surface area contributed by atoms with Gasteiger partial charge in [0.1, 0.15) is 0 Å². The van der Waals surface area contributed by atoms with E-state index in [1.807, 2.05) is 24.4 Å². The average molecular weight is 245 g/mol. The van der Waals surface area contributed by atoms with Crippen molar-refractivity contribution in [2.24, 2.45) is 0 Å². The molecule has 1 nitrogen and oxygen atoms in total. The monoisotopic (exact) mass is 245 g/mol. The Balaban J connectivity index is 2.12. The predicted octanol–water partition coefficient (Wildman–Crippen LogP) is 4.72. The van der Waals surface area contributed by atoms with E-state index in [2.05, 4.69) is 60.4 Å². The fraction of sp³-hybridized carbons (Fsp3) is 0.0556. The number of hydrogen-bond acceptors (Lipinski definition) is 1. The molecule has 0 atom stereocenters. The van der Waals surface area contributed by atoms with Gasteiger partial charge in [-0.15, -0.1) is 0 Å². The Morgan fingerprint density at radius 1 is 0.737 bits per heavy atom. The lowest BCUT2D eigenvalue weighted by Crippen LogP contribution is -1.88. The van der Waals surface area contributed by atoms with Crippen molar-refractivity contribution in [3.63, 3.8) is 0 Å². The Hall–Kier alpha value is -2.41. The molecule has 0 aliphatic heterocycles. The summed E-state index contributed by atoms with van der Waals surface area (Å²) in [6, 6.07) is 23.0. The summed E-state index contributed by atoms with van der Waals surface area (Å²) in [6.07, 6.45) is 1.84. The number of nitrogens with zero attached hydrogens (tertiary/aromatic N) is 1. The van der Waals surface area contributed by atoms with Crippen LogP contribution in [0.3, 0.4) is 0 Å². The molecule has 1 heterocycles. The maximum atomic E-state index is 4.44. The first kappa shape index (κ1) is 11.7. The third-order valence-corrected chi connectivity index (χ3v) is 3.29. The van der Waals surface area contributed by atoms with Crippen molar-refractivity contribution < 1.29 is 0 Å². The third kappa shape index (κ3) is 2.41. The maximum Gasteiger partial charge on any atom is 0.0704 e. The lowest BCUT2D eigenvalue weighted by molar-refractivity contribution is 1.31. The van der Waals surface area contributed by atoms with Crippen LogP contribution in [0.15, 0.2) is 72.9 Å². The third-order valence-electron chi connectivity index (χ3n) is 3.29. The fourth-order valence-corrected chi connectivity index (χ4v) is 2.23. The lowest BCUT2D eigenvalue weighted by atomic mass is 9.98. The van der Waals surface area contributed by atoms with Gasteiger partial charge in [0, 0.05) is 11.8 Å². The van der Waals surface area contributed by atoms with E-state index in [1.54, 1.807) is 0 Å². The van der Waals surface area contributed by atoms with Gasteiger partial charge in [0.25, 0.3) is 0 Å². The molecular weight excluding hydrogens is 230 g/mol. The van der Waals surface area contributed by atoms with E-state index in [0.717, 1.165) is 5.69 Å². The molecular formula is C18H15N.